The van der Waals surface area contributed by atoms with E-state index >= 15 is 0 Å². The third kappa shape index (κ3) is 8.54. The first-order chi connectivity index (χ1) is 15.8. The van der Waals surface area contributed by atoms with E-state index in [2.05, 4.69) is 21.6 Å². The van der Waals surface area contributed by atoms with Gasteiger partial charge in [0.25, 0.3) is 0 Å². The number of sulfonamides is 1. The van der Waals surface area contributed by atoms with E-state index in [0.29, 0.717) is 32.5 Å². The van der Waals surface area contributed by atoms with Gasteiger partial charge in [-0.15, -0.1) is 11.3 Å². The number of rotatable bonds is 11. The lowest BCUT2D eigenvalue weighted by Crippen LogP contribution is -2.42. The molecule has 2 amide bonds. The van der Waals surface area contributed by atoms with E-state index in [4.69, 9.17) is 5.14 Å². The SMILES string of the molecule is NS(=O)(=O)c1ccc(CCNC(=O)CCN2CCC(C(=O)NCCc3cccs3)CC2)cc1. The summed E-state index contributed by atoms with van der Waals surface area (Å²) < 4.78 is 22.6. The molecule has 1 saturated heterocycles. The van der Waals surface area contributed by atoms with Gasteiger partial charge in [0.1, 0.15) is 0 Å². The molecule has 0 radical (unpaired) electrons. The van der Waals surface area contributed by atoms with Crippen LogP contribution < -0.4 is 15.8 Å². The minimum Gasteiger partial charge on any atom is -0.356 e. The van der Waals surface area contributed by atoms with Gasteiger partial charge in [-0.25, -0.2) is 13.6 Å². The van der Waals surface area contributed by atoms with Crippen LogP contribution >= 0.6 is 11.3 Å². The highest BCUT2D eigenvalue weighted by molar-refractivity contribution is 7.89. The van der Waals surface area contributed by atoms with Crippen LogP contribution in [0.25, 0.3) is 0 Å². The maximum absolute atomic E-state index is 12.4. The van der Waals surface area contributed by atoms with Crippen LogP contribution in [0.1, 0.15) is 29.7 Å². The number of benzene rings is 1. The molecule has 4 N–H and O–H groups in total. The van der Waals surface area contributed by atoms with E-state index in [1.165, 1.54) is 17.0 Å². The van der Waals surface area contributed by atoms with Crippen molar-refractivity contribution in [3.8, 4) is 0 Å². The number of carbonyl (C=O) groups is 2. The Morgan fingerprint density at radius 1 is 1.03 bits per heavy atom. The Bertz CT molecular complexity index is 1000. The molecular formula is C23H32N4O4S2. The average molecular weight is 493 g/mol. The predicted molar refractivity (Wildman–Crippen MR) is 129 cm³/mol. The van der Waals surface area contributed by atoms with Crippen LogP contribution in [0, 0.1) is 5.92 Å². The Kier molecular flexibility index (Phi) is 9.42. The fraction of sp³-hybridized carbons (Fsp3) is 0.478. The van der Waals surface area contributed by atoms with Crippen molar-refractivity contribution in [2.24, 2.45) is 11.1 Å². The van der Waals surface area contributed by atoms with Gasteiger partial charge in [0.15, 0.2) is 0 Å². The molecule has 1 aliphatic heterocycles. The van der Waals surface area contributed by atoms with Gasteiger partial charge in [-0.2, -0.15) is 0 Å². The zero-order valence-electron chi connectivity index (χ0n) is 18.7. The number of likely N-dealkylation sites (tertiary alicyclic amines) is 1. The Morgan fingerprint density at radius 3 is 2.36 bits per heavy atom. The molecule has 10 heteroatoms. The molecule has 0 unspecified atom stereocenters. The number of nitrogens with one attached hydrogen (secondary N) is 2. The largest absolute Gasteiger partial charge is 0.356 e. The van der Waals surface area contributed by atoms with Crippen molar-refractivity contribution in [2.75, 3.05) is 32.7 Å². The fourth-order valence-corrected chi connectivity index (χ4v) is 5.09. The van der Waals surface area contributed by atoms with Crippen LogP contribution in [0.5, 0.6) is 0 Å². The summed E-state index contributed by atoms with van der Waals surface area (Å²) in [6, 6.07) is 10.5. The maximum atomic E-state index is 12.4. The second-order valence-electron chi connectivity index (χ2n) is 8.28. The fourth-order valence-electron chi connectivity index (χ4n) is 3.87. The second-order valence-corrected chi connectivity index (χ2v) is 10.9. The molecular weight excluding hydrogens is 460 g/mol. The highest BCUT2D eigenvalue weighted by atomic mass is 32.2. The summed E-state index contributed by atoms with van der Waals surface area (Å²) in [5.41, 5.74) is 0.929. The predicted octanol–water partition coefficient (Wildman–Crippen LogP) is 1.52. The molecule has 0 atom stereocenters. The molecule has 1 fully saturated rings. The van der Waals surface area contributed by atoms with Crippen molar-refractivity contribution in [3.63, 3.8) is 0 Å². The minimum atomic E-state index is -3.69. The summed E-state index contributed by atoms with van der Waals surface area (Å²) in [5.74, 6) is 0.185. The number of hydrogen-bond acceptors (Lipinski definition) is 6. The van der Waals surface area contributed by atoms with Crippen molar-refractivity contribution < 1.29 is 18.0 Å². The molecule has 33 heavy (non-hydrogen) atoms. The zero-order valence-corrected chi connectivity index (χ0v) is 20.3. The van der Waals surface area contributed by atoms with Gasteiger partial charge in [0.2, 0.25) is 21.8 Å². The van der Waals surface area contributed by atoms with Gasteiger partial charge >= 0.3 is 0 Å². The topological polar surface area (TPSA) is 122 Å². The lowest BCUT2D eigenvalue weighted by Gasteiger charge is -2.31. The molecule has 180 valence electrons. The van der Waals surface area contributed by atoms with Crippen molar-refractivity contribution in [1.82, 2.24) is 15.5 Å². The highest BCUT2D eigenvalue weighted by Crippen LogP contribution is 2.18. The smallest absolute Gasteiger partial charge is 0.238 e. The lowest BCUT2D eigenvalue weighted by atomic mass is 9.95. The number of nitrogens with zero attached hydrogens (tertiary/aromatic N) is 1. The molecule has 1 aromatic heterocycles. The molecule has 2 heterocycles. The molecule has 0 saturated carbocycles. The van der Waals surface area contributed by atoms with Gasteiger partial charge in [-0.05, 0) is 67.9 Å². The molecule has 1 aliphatic rings. The Hall–Kier alpha value is -2.27. The van der Waals surface area contributed by atoms with E-state index in [1.54, 1.807) is 23.5 Å². The summed E-state index contributed by atoms with van der Waals surface area (Å²) >= 11 is 1.71. The zero-order chi connectivity index (χ0) is 23.7. The van der Waals surface area contributed by atoms with Crippen LogP contribution in [0.2, 0.25) is 0 Å². The summed E-state index contributed by atoms with van der Waals surface area (Å²) in [4.78, 5) is 28.1. The first-order valence-electron chi connectivity index (χ1n) is 11.2. The van der Waals surface area contributed by atoms with Gasteiger partial charge in [0.05, 0.1) is 4.90 Å². The summed E-state index contributed by atoms with van der Waals surface area (Å²) in [7, 11) is -3.69. The van der Waals surface area contributed by atoms with Crippen LogP contribution in [0.4, 0.5) is 0 Å². The first kappa shape index (κ1) is 25.4. The van der Waals surface area contributed by atoms with Crippen molar-refractivity contribution in [1.29, 1.82) is 0 Å². The molecule has 0 aliphatic carbocycles. The van der Waals surface area contributed by atoms with E-state index in [0.717, 1.165) is 37.9 Å². The van der Waals surface area contributed by atoms with E-state index in [-0.39, 0.29) is 22.6 Å². The third-order valence-electron chi connectivity index (χ3n) is 5.85. The first-order valence-corrected chi connectivity index (χ1v) is 13.6. The van der Waals surface area contributed by atoms with Crippen LogP contribution in [-0.4, -0.2) is 57.9 Å². The minimum absolute atomic E-state index is 0.00963. The van der Waals surface area contributed by atoms with E-state index < -0.39 is 10.0 Å². The van der Waals surface area contributed by atoms with Gasteiger partial charge in [-0.1, -0.05) is 18.2 Å². The standard InChI is InChI=1S/C23H32N4O4S2/c24-33(30,31)21-5-3-18(4-6-21)7-12-25-22(28)11-16-27-14-9-19(10-15-27)23(29)26-13-8-20-2-1-17-32-20/h1-6,17,19H,7-16H2,(H,25,28)(H,26,29)(H2,24,30,31). The monoisotopic (exact) mass is 492 g/mol. The number of thiophene rings is 1. The molecule has 1 aromatic carbocycles. The number of hydrogen-bond donors (Lipinski definition) is 3. The number of nitrogens with two attached hydrogens (primary N) is 1. The number of carbonyl (C=O) groups excluding carboxylic acids is 2. The third-order valence-corrected chi connectivity index (χ3v) is 7.72. The van der Waals surface area contributed by atoms with Crippen LogP contribution in [0.3, 0.4) is 0 Å². The lowest BCUT2D eigenvalue weighted by molar-refractivity contribution is -0.127. The van der Waals surface area contributed by atoms with E-state index in [9.17, 15) is 18.0 Å². The Balaban J connectivity index is 1.26. The van der Waals surface area contributed by atoms with Crippen LogP contribution in [-0.2, 0) is 32.5 Å². The second kappa shape index (κ2) is 12.3. The van der Waals surface area contributed by atoms with E-state index in [1.807, 2.05) is 11.4 Å². The highest BCUT2D eigenvalue weighted by Gasteiger charge is 2.24. The van der Waals surface area contributed by atoms with Crippen molar-refractivity contribution >= 4 is 33.2 Å². The van der Waals surface area contributed by atoms with Crippen LogP contribution in [0.15, 0.2) is 46.7 Å². The van der Waals surface area contributed by atoms with Gasteiger partial charge in [-0.3, -0.25) is 9.59 Å². The summed E-state index contributed by atoms with van der Waals surface area (Å²) in [6.45, 7) is 3.50. The summed E-state index contributed by atoms with van der Waals surface area (Å²) in [6.07, 6.45) is 3.55. The molecule has 0 spiro atoms. The summed E-state index contributed by atoms with van der Waals surface area (Å²) in [5, 5.41) is 13.1. The van der Waals surface area contributed by atoms with Gasteiger partial charge in [0, 0.05) is 36.9 Å². The Labute approximate surface area is 199 Å². The normalized spacial score (nSPS) is 15.3. The molecule has 0 bridgehead atoms. The molecule has 2 aromatic rings. The maximum Gasteiger partial charge on any atom is 0.238 e. The number of amides is 2. The number of piperidine rings is 1. The molecule has 8 nitrogen and oxygen atoms in total. The van der Waals surface area contributed by atoms with Gasteiger partial charge < -0.3 is 15.5 Å². The molecule has 3 rings (SSSR count). The quantitative estimate of drug-likeness (QED) is 0.439. The van der Waals surface area contributed by atoms with Crippen molar-refractivity contribution in [2.45, 2.75) is 37.0 Å². The Morgan fingerprint density at radius 2 is 1.73 bits per heavy atom. The number of primary sulfonamides is 1. The average Bonchev–Trinajstić information content (AvgIpc) is 3.31. The van der Waals surface area contributed by atoms with Crippen molar-refractivity contribution in [3.05, 3.63) is 52.2 Å².